The Bertz CT molecular complexity index is 726. The predicted molar refractivity (Wildman–Crippen MR) is 81.2 cm³/mol. The molecule has 2 unspecified atom stereocenters. The van der Waals surface area contributed by atoms with Crippen LogP contribution in [-0.4, -0.2) is 0 Å². The van der Waals surface area contributed by atoms with E-state index in [0.717, 1.165) is 7.25 Å². The third-order valence-electron chi connectivity index (χ3n) is 4.78. The summed E-state index contributed by atoms with van der Waals surface area (Å²) in [5, 5.41) is 0. The maximum Gasteiger partial charge on any atom is -1.00 e. The Morgan fingerprint density at radius 1 is 0.750 bits per heavy atom. The van der Waals surface area contributed by atoms with E-state index >= 15 is 0 Å². The molecule has 1 fully saturated rings. The second-order valence-corrected chi connectivity index (χ2v) is 9.56. The summed E-state index contributed by atoms with van der Waals surface area (Å²) in [7, 11) is 0. The van der Waals surface area contributed by atoms with Crippen LogP contribution in [0.15, 0.2) is 59.7 Å². The van der Waals surface area contributed by atoms with E-state index < -0.39 is 23.2 Å². The fourth-order valence-corrected chi connectivity index (χ4v) is 8.84. The SMILES string of the molecule is C1=C2CC3=Cc4ccccc4[CH]3[Zr+2][CH]2c2ccccc21.[H-].[H-]. The molecule has 2 aromatic carbocycles. The van der Waals surface area contributed by atoms with E-state index in [1.54, 1.807) is 22.3 Å². The van der Waals surface area contributed by atoms with Crippen molar-refractivity contribution in [3.05, 3.63) is 81.9 Å². The van der Waals surface area contributed by atoms with Crippen LogP contribution in [0.1, 0.15) is 38.8 Å². The van der Waals surface area contributed by atoms with Crippen molar-refractivity contribution >= 4 is 12.2 Å². The van der Waals surface area contributed by atoms with E-state index in [4.69, 9.17) is 0 Å². The summed E-state index contributed by atoms with van der Waals surface area (Å²) in [6.07, 6.45) is 6.15. The summed E-state index contributed by atoms with van der Waals surface area (Å²) in [6, 6.07) is 18.1. The molecule has 3 aliphatic rings. The summed E-state index contributed by atoms with van der Waals surface area (Å²) in [6.45, 7) is 0. The molecule has 96 valence electrons. The van der Waals surface area contributed by atoms with Crippen LogP contribution in [0.25, 0.3) is 12.2 Å². The zero-order valence-electron chi connectivity index (χ0n) is 13.1. The van der Waals surface area contributed by atoms with Crippen molar-refractivity contribution in [1.82, 2.24) is 0 Å². The first-order valence-electron chi connectivity index (χ1n) is 7.25. The summed E-state index contributed by atoms with van der Waals surface area (Å²) >= 11 is -0.511. The van der Waals surface area contributed by atoms with E-state index in [2.05, 4.69) is 60.7 Å². The van der Waals surface area contributed by atoms with Gasteiger partial charge in [0.1, 0.15) is 0 Å². The van der Waals surface area contributed by atoms with Crippen LogP contribution in [-0.2, 0) is 23.2 Å². The van der Waals surface area contributed by atoms with Gasteiger partial charge in [-0.1, -0.05) is 0 Å². The minimum Gasteiger partial charge on any atom is -1.00 e. The van der Waals surface area contributed by atoms with Crippen LogP contribution >= 0.6 is 0 Å². The largest absolute Gasteiger partial charge is 1.00 e. The molecule has 0 bridgehead atoms. The van der Waals surface area contributed by atoms with E-state index in [1.807, 2.05) is 0 Å². The smallest absolute Gasteiger partial charge is 1.00 e. The van der Waals surface area contributed by atoms with Gasteiger partial charge in [0.05, 0.1) is 0 Å². The Hall–Kier alpha value is -1.20. The van der Waals surface area contributed by atoms with Crippen molar-refractivity contribution in [2.24, 2.45) is 0 Å². The molecular formula is C19H16Zr. The molecule has 0 nitrogen and oxygen atoms in total. The Kier molecular flexibility index (Phi) is 2.38. The second kappa shape index (κ2) is 4.15. The predicted octanol–water partition coefficient (Wildman–Crippen LogP) is 4.97. The molecule has 1 aliphatic heterocycles. The van der Waals surface area contributed by atoms with Gasteiger partial charge in [0.2, 0.25) is 0 Å². The Labute approximate surface area is 133 Å². The van der Waals surface area contributed by atoms with Crippen LogP contribution in [0, 0.1) is 0 Å². The summed E-state index contributed by atoms with van der Waals surface area (Å²) < 4.78 is 1.64. The second-order valence-electron chi connectivity index (χ2n) is 5.91. The van der Waals surface area contributed by atoms with E-state index in [9.17, 15) is 0 Å². The van der Waals surface area contributed by atoms with Crippen molar-refractivity contribution in [1.29, 1.82) is 0 Å². The van der Waals surface area contributed by atoms with Crippen LogP contribution in [0.4, 0.5) is 0 Å². The van der Waals surface area contributed by atoms with Crippen LogP contribution in [0.2, 0.25) is 0 Å². The average molecular weight is 336 g/mol. The first-order valence-corrected chi connectivity index (χ1v) is 10.1. The summed E-state index contributed by atoms with van der Waals surface area (Å²) in [5.41, 5.74) is 9.63. The maximum absolute atomic E-state index is 2.47. The first-order chi connectivity index (χ1) is 9.90. The van der Waals surface area contributed by atoms with E-state index in [-0.39, 0.29) is 2.85 Å². The number of rotatable bonds is 0. The molecule has 0 aromatic heterocycles. The van der Waals surface area contributed by atoms with E-state index in [1.165, 1.54) is 17.5 Å². The third-order valence-corrected chi connectivity index (χ3v) is 9.77. The minimum atomic E-state index is -0.511. The van der Waals surface area contributed by atoms with Gasteiger partial charge in [-0.15, -0.1) is 0 Å². The monoisotopic (exact) mass is 334 g/mol. The molecule has 0 N–H and O–H groups in total. The van der Waals surface area contributed by atoms with Gasteiger partial charge >= 0.3 is 131 Å². The molecule has 2 atom stereocenters. The molecule has 2 aliphatic carbocycles. The van der Waals surface area contributed by atoms with Gasteiger partial charge in [-0.25, -0.2) is 0 Å². The quantitative estimate of drug-likeness (QED) is 0.637. The fourth-order valence-electron chi connectivity index (χ4n) is 3.88. The van der Waals surface area contributed by atoms with Gasteiger partial charge < -0.3 is 2.85 Å². The number of benzene rings is 2. The van der Waals surface area contributed by atoms with Gasteiger partial charge in [-0.3, -0.25) is 0 Å². The van der Waals surface area contributed by atoms with Crippen molar-refractivity contribution in [3.8, 4) is 0 Å². The number of hydrogen-bond acceptors (Lipinski definition) is 0. The summed E-state index contributed by atoms with van der Waals surface area (Å²) in [5.74, 6) is 0. The Balaban J connectivity index is 0.000000720. The summed E-state index contributed by atoms with van der Waals surface area (Å²) in [4.78, 5) is 0. The van der Waals surface area contributed by atoms with Gasteiger partial charge in [0.25, 0.3) is 0 Å². The van der Waals surface area contributed by atoms with Crippen LogP contribution < -0.4 is 0 Å². The molecular weight excluding hydrogens is 319 g/mol. The topological polar surface area (TPSA) is 0 Å². The van der Waals surface area contributed by atoms with Crippen LogP contribution in [0.3, 0.4) is 0 Å². The average Bonchev–Trinajstić information content (AvgIpc) is 3.02. The van der Waals surface area contributed by atoms with Crippen LogP contribution in [0.5, 0.6) is 0 Å². The Morgan fingerprint density at radius 2 is 1.25 bits per heavy atom. The van der Waals surface area contributed by atoms with Gasteiger partial charge in [0, 0.05) is 0 Å². The van der Waals surface area contributed by atoms with E-state index in [0.29, 0.717) is 0 Å². The van der Waals surface area contributed by atoms with Crippen molar-refractivity contribution < 1.29 is 26.1 Å². The Morgan fingerprint density at radius 3 is 1.80 bits per heavy atom. The number of hydrogen-bond donors (Lipinski definition) is 0. The molecule has 2 aromatic rings. The third kappa shape index (κ3) is 1.51. The maximum atomic E-state index is 2.47. The van der Waals surface area contributed by atoms with Crippen molar-refractivity contribution in [3.63, 3.8) is 0 Å². The number of allylic oxidation sites excluding steroid dienone is 2. The molecule has 0 radical (unpaired) electrons. The molecule has 0 amide bonds. The number of fused-ring (bicyclic) bond motifs is 6. The minimum absolute atomic E-state index is 0. The first kappa shape index (κ1) is 11.5. The van der Waals surface area contributed by atoms with Gasteiger partial charge in [-0.05, 0) is 0 Å². The fraction of sp³-hybridized carbons (Fsp3) is 0.158. The zero-order chi connectivity index (χ0) is 13.1. The standard InChI is InChI=1S/C19H14.Zr.2H/c1-2-6-17-11-14(10-16(17)5-1)9-15-12-18-7-3-4-8-19(18)13-15;;;/h1-8,10-13H,9H2;;;/q;+2;2*-1. The molecule has 0 spiro atoms. The normalized spacial score (nSPS) is 24.4. The van der Waals surface area contributed by atoms with Crippen molar-refractivity contribution in [2.45, 2.75) is 13.7 Å². The zero-order valence-corrected chi connectivity index (χ0v) is 13.6. The molecule has 1 saturated heterocycles. The molecule has 0 saturated carbocycles. The molecule has 1 heterocycles. The van der Waals surface area contributed by atoms with Crippen molar-refractivity contribution in [2.75, 3.05) is 0 Å². The van der Waals surface area contributed by atoms with Gasteiger partial charge in [-0.2, -0.15) is 0 Å². The molecule has 1 heteroatoms. The molecule has 20 heavy (non-hydrogen) atoms. The molecule has 5 rings (SSSR count). The van der Waals surface area contributed by atoms with Gasteiger partial charge in [0.15, 0.2) is 0 Å².